The van der Waals surface area contributed by atoms with Crippen molar-refractivity contribution in [3.8, 4) is 0 Å². The molecule has 1 heterocycles. The molecule has 0 atom stereocenters. The van der Waals surface area contributed by atoms with Crippen molar-refractivity contribution in [2.75, 3.05) is 36.4 Å². The molecule has 1 aliphatic rings. The molecule has 1 amide bonds. The summed E-state index contributed by atoms with van der Waals surface area (Å²) in [6.07, 6.45) is 6.73. The number of hydrogen-bond donors (Lipinski definition) is 2. The topological polar surface area (TPSA) is 44.4 Å². The van der Waals surface area contributed by atoms with Crippen LogP contribution in [0.25, 0.3) is 0 Å². The lowest BCUT2D eigenvalue weighted by Crippen LogP contribution is -2.32. The monoisotopic (exact) mass is 331 g/mol. The smallest absolute Gasteiger partial charge is 0.225 e. The van der Waals surface area contributed by atoms with Gasteiger partial charge in [-0.3, -0.25) is 4.79 Å². The zero-order chi connectivity index (χ0) is 17.2. The lowest BCUT2D eigenvalue weighted by Gasteiger charge is -2.32. The summed E-state index contributed by atoms with van der Waals surface area (Å²) in [5, 5.41) is 6.31. The van der Waals surface area contributed by atoms with Crippen LogP contribution in [-0.2, 0) is 4.79 Å². The summed E-state index contributed by atoms with van der Waals surface area (Å²) < 4.78 is 0. The summed E-state index contributed by atoms with van der Waals surface area (Å²) >= 11 is 0. The van der Waals surface area contributed by atoms with Crippen LogP contribution in [0.5, 0.6) is 0 Å². The first-order valence-corrected chi connectivity index (χ1v) is 9.54. The molecule has 0 saturated carbocycles. The van der Waals surface area contributed by atoms with Crippen LogP contribution in [0.15, 0.2) is 24.3 Å². The van der Waals surface area contributed by atoms with Gasteiger partial charge in [-0.05, 0) is 56.0 Å². The fourth-order valence-electron chi connectivity index (χ4n) is 3.07. The van der Waals surface area contributed by atoms with E-state index in [0.717, 1.165) is 37.8 Å². The lowest BCUT2D eigenvalue weighted by atomic mass is 9.99. The van der Waals surface area contributed by atoms with Crippen LogP contribution >= 0.6 is 0 Å². The van der Waals surface area contributed by atoms with Crippen molar-refractivity contribution in [3.63, 3.8) is 0 Å². The number of rotatable bonds is 9. The van der Waals surface area contributed by atoms with Crippen molar-refractivity contribution in [3.05, 3.63) is 24.3 Å². The van der Waals surface area contributed by atoms with Gasteiger partial charge in [-0.2, -0.15) is 0 Å². The van der Waals surface area contributed by atoms with E-state index in [9.17, 15) is 4.79 Å². The lowest BCUT2D eigenvalue weighted by molar-refractivity contribution is -0.116. The Morgan fingerprint density at radius 3 is 2.50 bits per heavy atom. The van der Waals surface area contributed by atoms with E-state index in [1.807, 2.05) is 12.1 Å². The third-order valence-corrected chi connectivity index (χ3v) is 4.79. The molecule has 2 N–H and O–H groups in total. The number of anilines is 2. The van der Waals surface area contributed by atoms with E-state index in [1.165, 1.54) is 37.8 Å². The van der Waals surface area contributed by atoms with Crippen LogP contribution in [0.1, 0.15) is 52.4 Å². The quantitative estimate of drug-likeness (QED) is 0.672. The van der Waals surface area contributed by atoms with Crippen molar-refractivity contribution in [2.24, 2.45) is 5.92 Å². The second-order valence-electron chi connectivity index (χ2n) is 6.97. The standard InChI is InChI=1S/C20H33N3O/c1-3-4-5-13-21-14-10-20(24)22-18-6-8-19(9-7-18)23-15-11-17(2)12-16-23/h6-9,17,21H,3-5,10-16H2,1-2H3,(H,22,24). The van der Waals surface area contributed by atoms with Crippen molar-refractivity contribution in [1.82, 2.24) is 5.32 Å². The van der Waals surface area contributed by atoms with Crippen LogP contribution < -0.4 is 15.5 Å². The van der Waals surface area contributed by atoms with Crippen molar-refractivity contribution in [2.45, 2.75) is 52.4 Å². The number of amides is 1. The highest BCUT2D eigenvalue weighted by Crippen LogP contribution is 2.24. The highest BCUT2D eigenvalue weighted by Gasteiger charge is 2.15. The minimum absolute atomic E-state index is 0.0811. The molecule has 0 aliphatic carbocycles. The second kappa shape index (κ2) is 10.3. The average molecular weight is 332 g/mol. The molecule has 0 unspecified atom stereocenters. The van der Waals surface area contributed by atoms with Gasteiger partial charge in [0.05, 0.1) is 0 Å². The fourth-order valence-corrected chi connectivity index (χ4v) is 3.07. The van der Waals surface area contributed by atoms with Crippen LogP contribution in [0.4, 0.5) is 11.4 Å². The summed E-state index contributed by atoms with van der Waals surface area (Å²) in [7, 11) is 0. The van der Waals surface area contributed by atoms with E-state index in [4.69, 9.17) is 0 Å². The van der Waals surface area contributed by atoms with E-state index in [0.29, 0.717) is 6.42 Å². The predicted molar refractivity (Wildman–Crippen MR) is 103 cm³/mol. The highest BCUT2D eigenvalue weighted by molar-refractivity contribution is 5.91. The molecular formula is C20H33N3O. The molecule has 1 aliphatic heterocycles. The van der Waals surface area contributed by atoms with Crippen molar-refractivity contribution in [1.29, 1.82) is 0 Å². The van der Waals surface area contributed by atoms with Gasteiger partial charge in [-0.25, -0.2) is 0 Å². The van der Waals surface area contributed by atoms with Crippen LogP contribution in [0.3, 0.4) is 0 Å². The first-order valence-electron chi connectivity index (χ1n) is 9.54. The van der Waals surface area contributed by atoms with Crippen molar-refractivity contribution < 1.29 is 4.79 Å². The molecule has 0 bridgehead atoms. The summed E-state index contributed by atoms with van der Waals surface area (Å²) in [6.45, 7) is 8.55. The third kappa shape index (κ3) is 6.52. The van der Waals surface area contributed by atoms with Gasteiger partial charge in [-0.15, -0.1) is 0 Å². The first-order chi connectivity index (χ1) is 11.7. The molecule has 4 nitrogen and oxygen atoms in total. The average Bonchev–Trinajstić information content (AvgIpc) is 2.59. The molecule has 1 saturated heterocycles. The SMILES string of the molecule is CCCCCNCCC(=O)Nc1ccc(N2CCC(C)CC2)cc1. The Kier molecular flexibility index (Phi) is 8.10. The van der Waals surface area contributed by atoms with Crippen LogP contribution in [0.2, 0.25) is 0 Å². The number of carbonyl (C=O) groups excluding carboxylic acids is 1. The minimum Gasteiger partial charge on any atom is -0.372 e. The molecule has 0 radical (unpaired) electrons. The van der Waals surface area contributed by atoms with Gasteiger partial charge in [0.25, 0.3) is 0 Å². The normalized spacial score (nSPS) is 15.5. The van der Waals surface area contributed by atoms with Gasteiger partial charge in [-0.1, -0.05) is 26.7 Å². The summed E-state index contributed by atoms with van der Waals surface area (Å²) in [5.41, 5.74) is 2.15. The molecule has 1 aromatic rings. The number of nitrogens with zero attached hydrogens (tertiary/aromatic N) is 1. The van der Waals surface area contributed by atoms with Gasteiger partial charge in [0, 0.05) is 37.4 Å². The van der Waals surface area contributed by atoms with E-state index < -0.39 is 0 Å². The van der Waals surface area contributed by atoms with E-state index in [1.54, 1.807) is 0 Å². The Balaban J connectivity index is 1.68. The molecule has 0 aromatic heterocycles. The summed E-state index contributed by atoms with van der Waals surface area (Å²) in [4.78, 5) is 14.4. The minimum atomic E-state index is 0.0811. The Hall–Kier alpha value is -1.55. The number of benzene rings is 1. The highest BCUT2D eigenvalue weighted by atomic mass is 16.1. The molecular weight excluding hydrogens is 298 g/mol. The Labute approximate surface area is 147 Å². The van der Waals surface area contributed by atoms with E-state index in [2.05, 4.69) is 41.5 Å². The molecule has 1 fully saturated rings. The van der Waals surface area contributed by atoms with Crippen LogP contribution in [0, 0.1) is 5.92 Å². The van der Waals surface area contributed by atoms with E-state index >= 15 is 0 Å². The maximum absolute atomic E-state index is 12.0. The maximum atomic E-state index is 12.0. The molecule has 24 heavy (non-hydrogen) atoms. The van der Waals surface area contributed by atoms with Gasteiger partial charge in [0.15, 0.2) is 0 Å². The summed E-state index contributed by atoms with van der Waals surface area (Å²) in [5.74, 6) is 0.924. The zero-order valence-corrected chi connectivity index (χ0v) is 15.3. The summed E-state index contributed by atoms with van der Waals surface area (Å²) in [6, 6.07) is 8.27. The Morgan fingerprint density at radius 1 is 1.12 bits per heavy atom. The number of piperidine rings is 1. The van der Waals surface area contributed by atoms with Gasteiger partial charge < -0.3 is 15.5 Å². The van der Waals surface area contributed by atoms with Gasteiger partial charge in [0.1, 0.15) is 0 Å². The van der Waals surface area contributed by atoms with Crippen LogP contribution in [-0.4, -0.2) is 32.1 Å². The maximum Gasteiger partial charge on any atom is 0.225 e. The molecule has 2 rings (SSSR count). The number of hydrogen-bond acceptors (Lipinski definition) is 3. The number of carbonyl (C=O) groups is 1. The Morgan fingerprint density at radius 2 is 1.83 bits per heavy atom. The third-order valence-electron chi connectivity index (χ3n) is 4.79. The molecule has 1 aromatic carbocycles. The first kappa shape index (κ1) is 18.8. The fraction of sp³-hybridized carbons (Fsp3) is 0.650. The van der Waals surface area contributed by atoms with Gasteiger partial charge in [0.2, 0.25) is 5.91 Å². The van der Waals surface area contributed by atoms with Crippen molar-refractivity contribution >= 4 is 17.3 Å². The number of nitrogens with one attached hydrogen (secondary N) is 2. The zero-order valence-electron chi connectivity index (χ0n) is 15.3. The Bertz CT molecular complexity index is 478. The molecule has 0 spiro atoms. The predicted octanol–water partition coefficient (Wildman–Crippen LogP) is 4.03. The molecule has 4 heteroatoms. The second-order valence-corrected chi connectivity index (χ2v) is 6.97. The number of unbranched alkanes of at least 4 members (excludes halogenated alkanes) is 2. The largest absolute Gasteiger partial charge is 0.372 e. The van der Waals surface area contributed by atoms with Gasteiger partial charge >= 0.3 is 0 Å². The van der Waals surface area contributed by atoms with E-state index in [-0.39, 0.29) is 5.91 Å². The molecule has 134 valence electrons.